The van der Waals surface area contributed by atoms with Crippen LogP contribution in [-0.4, -0.2) is 18.6 Å². The van der Waals surface area contributed by atoms with Crippen LogP contribution in [0.5, 0.6) is 5.75 Å². The van der Waals surface area contributed by atoms with Gasteiger partial charge in [-0.3, -0.25) is 4.79 Å². The minimum atomic E-state index is -0.664. The number of carbonyl (C=O) groups excluding carboxylic acids is 1. The van der Waals surface area contributed by atoms with E-state index in [1.165, 1.54) is 11.0 Å². The molecule has 2 aromatic carbocycles. The Hall–Kier alpha value is -2.36. The first-order valence-corrected chi connectivity index (χ1v) is 7.88. The van der Waals surface area contributed by atoms with Gasteiger partial charge in [-0.2, -0.15) is 0 Å². The molecule has 1 aliphatic rings. The monoisotopic (exact) mass is 313 g/mol. The molecule has 4 heteroatoms. The number of ether oxygens (including phenoxy) is 1. The van der Waals surface area contributed by atoms with Crippen LogP contribution in [0.2, 0.25) is 0 Å². The van der Waals surface area contributed by atoms with Gasteiger partial charge < -0.3 is 9.64 Å². The summed E-state index contributed by atoms with van der Waals surface area (Å²) >= 11 is 0. The molecule has 23 heavy (non-hydrogen) atoms. The third kappa shape index (κ3) is 3.21. The van der Waals surface area contributed by atoms with Crippen molar-refractivity contribution in [2.24, 2.45) is 0 Å². The predicted octanol–water partition coefficient (Wildman–Crippen LogP) is 3.88. The second-order valence-electron chi connectivity index (χ2n) is 5.92. The molecular formula is C19H20FNO2. The molecule has 2 aromatic rings. The van der Waals surface area contributed by atoms with Gasteiger partial charge in [0.1, 0.15) is 11.6 Å². The van der Waals surface area contributed by atoms with E-state index in [0.717, 1.165) is 24.0 Å². The highest BCUT2D eigenvalue weighted by Gasteiger charge is 2.29. The zero-order valence-corrected chi connectivity index (χ0v) is 13.4. The second-order valence-corrected chi connectivity index (χ2v) is 5.92. The molecule has 0 bridgehead atoms. The van der Waals surface area contributed by atoms with E-state index in [-0.39, 0.29) is 11.7 Å². The molecule has 0 aliphatic carbocycles. The summed E-state index contributed by atoms with van der Waals surface area (Å²) in [7, 11) is 0. The number of amides is 1. The van der Waals surface area contributed by atoms with Crippen molar-refractivity contribution in [3.8, 4) is 5.75 Å². The molecule has 1 aliphatic heterocycles. The molecule has 0 spiro atoms. The lowest BCUT2D eigenvalue weighted by Crippen LogP contribution is -2.43. The Morgan fingerprint density at radius 2 is 2.04 bits per heavy atom. The highest BCUT2D eigenvalue weighted by atomic mass is 19.1. The van der Waals surface area contributed by atoms with Crippen LogP contribution in [0.3, 0.4) is 0 Å². The van der Waals surface area contributed by atoms with Crippen molar-refractivity contribution in [3.63, 3.8) is 0 Å². The molecule has 3 nitrogen and oxygen atoms in total. The summed E-state index contributed by atoms with van der Waals surface area (Å²) in [6.07, 6.45) is 0.964. The van der Waals surface area contributed by atoms with Gasteiger partial charge in [-0.1, -0.05) is 24.3 Å². The Morgan fingerprint density at radius 3 is 2.83 bits per heavy atom. The van der Waals surface area contributed by atoms with Gasteiger partial charge >= 0.3 is 0 Å². The molecule has 120 valence electrons. The molecule has 0 fully saturated rings. The Morgan fingerprint density at radius 1 is 1.26 bits per heavy atom. The number of aryl methyl sites for hydroxylation is 2. The largest absolute Gasteiger partial charge is 0.481 e. The average Bonchev–Trinajstić information content (AvgIpc) is 2.54. The zero-order valence-electron chi connectivity index (χ0n) is 13.4. The summed E-state index contributed by atoms with van der Waals surface area (Å²) in [5, 5.41) is 0. The number of nitrogens with zero attached hydrogens (tertiary/aromatic N) is 1. The van der Waals surface area contributed by atoms with Crippen molar-refractivity contribution in [2.45, 2.75) is 32.8 Å². The molecule has 0 radical (unpaired) electrons. The molecule has 1 heterocycles. The summed E-state index contributed by atoms with van der Waals surface area (Å²) in [5.74, 6) is 0.0903. The lowest BCUT2D eigenvalue weighted by atomic mass is 10.0. The minimum Gasteiger partial charge on any atom is -0.481 e. The SMILES string of the molecule is Cc1cccc(OC(C)C(=O)N2CCCc3cccc(F)c32)c1. The van der Waals surface area contributed by atoms with Crippen LogP contribution in [0.15, 0.2) is 42.5 Å². The Kier molecular flexibility index (Phi) is 4.33. The molecule has 3 rings (SSSR count). The van der Waals surface area contributed by atoms with Gasteiger partial charge in [0.15, 0.2) is 6.10 Å². The fourth-order valence-electron chi connectivity index (χ4n) is 2.99. The first-order valence-electron chi connectivity index (χ1n) is 7.88. The van der Waals surface area contributed by atoms with E-state index in [9.17, 15) is 9.18 Å². The van der Waals surface area contributed by atoms with Gasteiger partial charge in [-0.15, -0.1) is 0 Å². The van der Waals surface area contributed by atoms with Crippen molar-refractivity contribution in [1.82, 2.24) is 0 Å². The number of hydrogen-bond donors (Lipinski definition) is 0. The normalized spacial score (nSPS) is 15.0. The van der Waals surface area contributed by atoms with Crippen molar-refractivity contribution in [2.75, 3.05) is 11.4 Å². The minimum absolute atomic E-state index is 0.211. The fraction of sp³-hybridized carbons (Fsp3) is 0.316. The summed E-state index contributed by atoms with van der Waals surface area (Å²) in [5.41, 5.74) is 2.35. The van der Waals surface area contributed by atoms with Gasteiger partial charge in [-0.25, -0.2) is 4.39 Å². The summed E-state index contributed by atoms with van der Waals surface area (Å²) in [4.78, 5) is 14.3. The van der Waals surface area contributed by atoms with Gasteiger partial charge in [-0.05, 0) is 56.0 Å². The van der Waals surface area contributed by atoms with Crippen LogP contribution in [0.1, 0.15) is 24.5 Å². The highest BCUT2D eigenvalue weighted by molar-refractivity contribution is 5.97. The smallest absolute Gasteiger partial charge is 0.267 e. The van der Waals surface area contributed by atoms with Gasteiger partial charge in [0.25, 0.3) is 5.91 Å². The standard InChI is InChI=1S/C19H20FNO2/c1-13-6-3-9-16(12-13)23-14(2)19(22)21-11-5-8-15-7-4-10-17(20)18(15)21/h3-4,6-7,9-10,12,14H,5,8,11H2,1-2H3. The summed E-state index contributed by atoms with van der Waals surface area (Å²) in [6.45, 7) is 4.20. The van der Waals surface area contributed by atoms with Crippen molar-refractivity contribution in [1.29, 1.82) is 0 Å². The van der Waals surface area contributed by atoms with Crippen LogP contribution < -0.4 is 9.64 Å². The predicted molar refractivity (Wildman–Crippen MR) is 88.3 cm³/mol. The number of carbonyl (C=O) groups is 1. The Labute approximate surface area is 135 Å². The van der Waals surface area contributed by atoms with Crippen molar-refractivity contribution >= 4 is 11.6 Å². The number of rotatable bonds is 3. The van der Waals surface area contributed by atoms with E-state index in [1.807, 2.05) is 37.3 Å². The number of hydrogen-bond acceptors (Lipinski definition) is 2. The van der Waals surface area contributed by atoms with E-state index in [4.69, 9.17) is 4.74 Å². The molecule has 1 unspecified atom stereocenters. The number of anilines is 1. The number of para-hydroxylation sites is 1. The molecule has 1 amide bonds. The molecular weight excluding hydrogens is 293 g/mol. The first-order chi connectivity index (χ1) is 11.1. The Balaban J connectivity index is 1.81. The first kappa shape index (κ1) is 15.5. The molecule has 1 atom stereocenters. The number of fused-ring (bicyclic) bond motifs is 1. The van der Waals surface area contributed by atoms with E-state index in [0.29, 0.717) is 18.0 Å². The fourth-order valence-corrected chi connectivity index (χ4v) is 2.99. The number of benzene rings is 2. The van der Waals surface area contributed by atoms with Crippen LogP contribution in [0.25, 0.3) is 0 Å². The topological polar surface area (TPSA) is 29.5 Å². The lowest BCUT2D eigenvalue weighted by Gasteiger charge is -2.31. The molecule has 0 saturated heterocycles. The van der Waals surface area contributed by atoms with Gasteiger partial charge in [0.05, 0.1) is 5.69 Å². The number of halogens is 1. The van der Waals surface area contributed by atoms with E-state index in [2.05, 4.69) is 0 Å². The zero-order chi connectivity index (χ0) is 16.4. The van der Waals surface area contributed by atoms with E-state index >= 15 is 0 Å². The Bertz CT molecular complexity index is 729. The van der Waals surface area contributed by atoms with E-state index in [1.54, 1.807) is 13.0 Å². The average molecular weight is 313 g/mol. The summed E-state index contributed by atoms with van der Waals surface area (Å²) in [6, 6.07) is 12.5. The maximum atomic E-state index is 14.2. The van der Waals surface area contributed by atoms with Gasteiger partial charge in [0, 0.05) is 6.54 Å². The molecule has 0 N–H and O–H groups in total. The molecule has 0 aromatic heterocycles. The van der Waals surface area contributed by atoms with Crippen molar-refractivity contribution in [3.05, 3.63) is 59.4 Å². The quantitative estimate of drug-likeness (QED) is 0.860. The van der Waals surface area contributed by atoms with Crippen molar-refractivity contribution < 1.29 is 13.9 Å². The maximum Gasteiger partial charge on any atom is 0.267 e. The maximum absolute atomic E-state index is 14.2. The summed E-state index contributed by atoms with van der Waals surface area (Å²) < 4.78 is 19.9. The van der Waals surface area contributed by atoms with E-state index < -0.39 is 6.10 Å². The third-order valence-electron chi connectivity index (χ3n) is 4.08. The molecule has 0 saturated carbocycles. The highest BCUT2D eigenvalue weighted by Crippen LogP contribution is 2.30. The van der Waals surface area contributed by atoms with Crippen LogP contribution in [0, 0.1) is 12.7 Å². The lowest BCUT2D eigenvalue weighted by molar-refractivity contribution is -0.124. The van der Waals surface area contributed by atoms with Crippen LogP contribution >= 0.6 is 0 Å². The van der Waals surface area contributed by atoms with Crippen LogP contribution in [-0.2, 0) is 11.2 Å². The third-order valence-corrected chi connectivity index (χ3v) is 4.08. The second kappa shape index (κ2) is 6.41. The van der Waals surface area contributed by atoms with Crippen LogP contribution in [0.4, 0.5) is 10.1 Å². The van der Waals surface area contributed by atoms with Gasteiger partial charge in [0.2, 0.25) is 0 Å².